The number of carbonyl (C=O) groups excluding carboxylic acids is 1. The second-order valence-electron chi connectivity index (χ2n) is 6.10. The van der Waals surface area contributed by atoms with Crippen LogP contribution in [0.15, 0.2) is 24.3 Å². The monoisotopic (exact) mass is 338 g/mol. The van der Waals surface area contributed by atoms with Crippen LogP contribution in [0.4, 0.5) is 0 Å². The van der Waals surface area contributed by atoms with Crippen molar-refractivity contribution in [2.24, 2.45) is 0 Å². The molecule has 1 N–H and O–H groups in total. The summed E-state index contributed by atoms with van der Waals surface area (Å²) in [5, 5.41) is 10.8. The van der Waals surface area contributed by atoms with Gasteiger partial charge in [-0.2, -0.15) is 0 Å². The summed E-state index contributed by atoms with van der Waals surface area (Å²) in [6.45, 7) is 6.27. The highest BCUT2D eigenvalue weighted by Crippen LogP contribution is 2.24. The predicted molar refractivity (Wildman–Crippen MR) is 93.6 cm³/mol. The van der Waals surface area contributed by atoms with Gasteiger partial charge in [0.15, 0.2) is 6.10 Å². The van der Waals surface area contributed by atoms with Crippen LogP contribution in [0.2, 0.25) is 5.02 Å². The van der Waals surface area contributed by atoms with Gasteiger partial charge in [-0.05, 0) is 38.9 Å². The number of hydrogen-bond donors (Lipinski definition) is 1. The van der Waals surface area contributed by atoms with Gasteiger partial charge in [0.05, 0.1) is 0 Å². The fourth-order valence-electron chi connectivity index (χ4n) is 3.05. The van der Waals surface area contributed by atoms with Crippen molar-refractivity contribution in [1.29, 1.82) is 0 Å². The van der Waals surface area contributed by atoms with Gasteiger partial charge in [0.25, 0.3) is 5.91 Å². The number of hydrogen-bond acceptors (Lipinski definition) is 3. The lowest BCUT2D eigenvalue weighted by Crippen LogP contribution is -2.41. The van der Waals surface area contributed by atoms with E-state index >= 15 is 0 Å². The van der Waals surface area contributed by atoms with Gasteiger partial charge in [-0.3, -0.25) is 4.79 Å². The molecule has 5 heteroatoms. The second kappa shape index (κ2) is 9.26. The maximum absolute atomic E-state index is 12.6. The highest BCUT2D eigenvalue weighted by atomic mass is 35.5. The number of rotatable bonds is 6. The standard InChI is InChI=1S/C18H27ClN2O2/c1-2-21(14-13-20-11-7-3-4-8-12-20)18(23)17(22)15-9-5-6-10-16(15)19/h5-6,9-10,17,22H,2-4,7-8,11-14H2,1H3/t17-/m0/s1. The minimum Gasteiger partial charge on any atom is -0.378 e. The Balaban J connectivity index is 1.93. The number of amides is 1. The zero-order chi connectivity index (χ0) is 16.7. The van der Waals surface area contributed by atoms with Gasteiger partial charge in [0.2, 0.25) is 0 Å². The summed E-state index contributed by atoms with van der Waals surface area (Å²) in [5.41, 5.74) is 0.479. The first-order chi connectivity index (χ1) is 11.1. The Morgan fingerprint density at radius 1 is 1.26 bits per heavy atom. The highest BCUT2D eigenvalue weighted by molar-refractivity contribution is 6.31. The van der Waals surface area contributed by atoms with Crippen LogP contribution < -0.4 is 0 Å². The maximum atomic E-state index is 12.6. The van der Waals surface area contributed by atoms with E-state index < -0.39 is 6.10 Å². The zero-order valence-corrected chi connectivity index (χ0v) is 14.6. The third-order valence-corrected chi connectivity index (χ3v) is 4.86. The number of benzene rings is 1. The van der Waals surface area contributed by atoms with Crippen LogP contribution >= 0.6 is 11.6 Å². The van der Waals surface area contributed by atoms with Crippen molar-refractivity contribution >= 4 is 17.5 Å². The van der Waals surface area contributed by atoms with Crippen LogP contribution in [0, 0.1) is 0 Å². The van der Waals surface area contributed by atoms with E-state index in [0.717, 1.165) is 19.6 Å². The van der Waals surface area contributed by atoms with Crippen LogP contribution in [0.1, 0.15) is 44.3 Å². The summed E-state index contributed by atoms with van der Waals surface area (Å²) in [7, 11) is 0. The van der Waals surface area contributed by atoms with Gasteiger partial charge in [-0.1, -0.05) is 42.6 Å². The first-order valence-corrected chi connectivity index (χ1v) is 8.95. The molecule has 1 saturated heterocycles. The highest BCUT2D eigenvalue weighted by Gasteiger charge is 2.24. The number of aliphatic hydroxyl groups is 1. The average molecular weight is 339 g/mol. The van der Waals surface area contributed by atoms with Crippen molar-refractivity contribution in [3.8, 4) is 0 Å². The van der Waals surface area contributed by atoms with Crippen molar-refractivity contribution in [2.75, 3.05) is 32.7 Å². The topological polar surface area (TPSA) is 43.8 Å². The molecule has 2 rings (SSSR count). The average Bonchev–Trinajstić information content (AvgIpc) is 2.84. The van der Waals surface area contributed by atoms with Gasteiger partial charge < -0.3 is 14.9 Å². The van der Waals surface area contributed by atoms with Crippen molar-refractivity contribution in [3.63, 3.8) is 0 Å². The van der Waals surface area contributed by atoms with E-state index in [-0.39, 0.29) is 5.91 Å². The van der Waals surface area contributed by atoms with E-state index in [2.05, 4.69) is 4.90 Å². The van der Waals surface area contributed by atoms with Gasteiger partial charge in [-0.15, -0.1) is 0 Å². The Bertz CT molecular complexity index is 502. The van der Waals surface area contributed by atoms with E-state index in [9.17, 15) is 9.90 Å². The molecule has 1 aliphatic heterocycles. The molecule has 1 aromatic rings. The lowest BCUT2D eigenvalue weighted by atomic mass is 10.1. The zero-order valence-electron chi connectivity index (χ0n) is 13.9. The Hall–Kier alpha value is -1.10. The molecule has 1 heterocycles. The van der Waals surface area contributed by atoms with Crippen molar-refractivity contribution in [3.05, 3.63) is 34.9 Å². The van der Waals surface area contributed by atoms with E-state index in [1.807, 2.05) is 6.92 Å². The van der Waals surface area contributed by atoms with Gasteiger partial charge >= 0.3 is 0 Å². The molecule has 23 heavy (non-hydrogen) atoms. The quantitative estimate of drug-likeness (QED) is 0.866. The summed E-state index contributed by atoms with van der Waals surface area (Å²) in [6, 6.07) is 6.97. The first kappa shape index (κ1) is 18.2. The van der Waals surface area contributed by atoms with Crippen LogP contribution in [-0.2, 0) is 4.79 Å². The summed E-state index contributed by atoms with van der Waals surface area (Å²) in [4.78, 5) is 16.7. The molecule has 4 nitrogen and oxygen atoms in total. The Labute approximate surface area is 144 Å². The molecule has 1 atom stereocenters. The fourth-order valence-corrected chi connectivity index (χ4v) is 3.29. The SMILES string of the molecule is CCN(CCN1CCCCCC1)C(=O)[C@@H](O)c1ccccc1Cl. The van der Waals surface area contributed by atoms with E-state index in [4.69, 9.17) is 11.6 Å². The Morgan fingerprint density at radius 3 is 2.52 bits per heavy atom. The van der Waals surface area contributed by atoms with Gasteiger partial charge in [0, 0.05) is 30.2 Å². The van der Waals surface area contributed by atoms with Crippen molar-refractivity contribution < 1.29 is 9.90 Å². The molecule has 0 aromatic heterocycles. The maximum Gasteiger partial charge on any atom is 0.256 e. The van der Waals surface area contributed by atoms with Gasteiger partial charge in [-0.25, -0.2) is 0 Å². The second-order valence-corrected chi connectivity index (χ2v) is 6.51. The first-order valence-electron chi connectivity index (χ1n) is 8.57. The van der Waals surface area contributed by atoms with Crippen LogP contribution in [0.5, 0.6) is 0 Å². The van der Waals surface area contributed by atoms with Crippen molar-refractivity contribution in [2.45, 2.75) is 38.7 Å². The number of halogens is 1. The third kappa shape index (κ3) is 5.20. The van der Waals surface area contributed by atoms with Crippen LogP contribution in [0.3, 0.4) is 0 Å². The molecule has 0 bridgehead atoms. The van der Waals surface area contributed by atoms with E-state index in [0.29, 0.717) is 23.7 Å². The van der Waals surface area contributed by atoms with Gasteiger partial charge in [0.1, 0.15) is 0 Å². The largest absolute Gasteiger partial charge is 0.378 e. The Morgan fingerprint density at radius 2 is 1.91 bits per heavy atom. The van der Waals surface area contributed by atoms with E-state index in [1.54, 1.807) is 29.2 Å². The number of nitrogens with zero attached hydrogens (tertiary/aromatic N) is 2. The van der Waals surface area contributed by atoms with Crippen LogP contribution in [0.25, 0.3) is 0 Å². The molecule has 0 spiro atoms. The Kier molecular flexibility index (Phi) is 7.34. The molecule has 0 radical (unpaired) electrons. The lowest BCUT2D eigenvalue weighted by Gasteiger charge is -2.28. The molecule has 1 aromatic carbocycles. The predicted octanol–water partition coefficient (Wildman–Crippen LogP) is 3.10. The minimum atomic E-state index is -1.19. The molecule has 1 fully saturated rings. The van der Waals surface area contributed by atoms with Crippen molar-refractivity contribution in [1.82, 2.24) is 9.80 Å². The fraction of sp³-hybridized carbons (Fsp3) is 0.611. The summed E-state index contributed by atoms with van der Waals surface area (Å²) in [6.07, 6.45) is 3.90. The number of likely N-dealkylation sites (N-methyl/N-ethyl adjacent to an activating group) is 1. The molecule has 0 aliphatic carbocycles. The summed E-state index contributed by atoms with van der Waals surface area (Å²) in [5.74, 6) is -0.268. The van der Waals surface area contributed by atoms with Crippen LogP contribution in [-0.4, -0.2) is 53.5 Å². The molecule has 0 saturated carbocycles. The number of aliphatic hydroxyl groups excluding tert-OH is 1. The molecule has 1 amide bonds. The smallest absolute Gasteiger partial charge is 0.256 e. The molecule has 128 valence electrons. The summed E-state index contributed by atoms with van der Waals surface area (Å²) < 4.78 is 0. The number of likely N-dealkylation sites (tertiary alicyclic amines) is 1. The normalized spacial score (nSPS) is 17.5. The minimum absolute atomic E-state index is 0.268. The molecule has 1 aliphatic rings. The number of carbonyl (C=O) groups is 1. The van der Waals surface area contributed by atoms with E-state index in [1.165, 1.54) is 25.7 Å². The molecular weight excluding hydrogens is 312 g/mol. The lowest BCUT2D eigenvalue weighted by molar-refractivity contribution is -0.140. The molecular formula is C18H27ClN2O2. The molecule has 0 unspecified atom stereocenters. The summed E-state index contributed by atoms with van der Waals surface area (Å²) >= 11 is 6.09. The third-order valence-electron chi connectivity index (χ3n) is 4.51.